The zero-order chi connectivity index (χ0) is 28.9. The van der Waals surface area contributed by atoms with Crippen LogP contribution in [-0.4, -0.2) is 68.0 Å². The summed E-state index contributed by atoms with van der Waals surface area (Å²) in [4.78, 5) is 15.9. The summed E-state index contributed by atoms with van der Waals surface area (Å²) < 4.78 is 58.9. The fourth-order valence-corrected chi connectivity index (χ4v) is 8.78. The van der Waals surface area contributed by atoms with Gasteiger partial charge in [-0.05, 0) is 82.9 Å². The first-order chi connectivity index (χ1) is 19.3. The molecule has 0 amide bonds. The van der Waals surface area contributed by atoms with Gasteiger partial charge in [0, 0.05) is 18.7 Å². The van der Waals surface area contributed by atoms with Crippen molar-refractivity contribution in [3.8, 4) is 11.5 Å². The lowest BCUT2D eigenvalue weighted by Crippen LogP contribution is -2.53. The third-order valence-corrected chi connectivity index (χ3v) is 11.0. The number of hydrogen-bond acceptors (Lipinski definition) is 9. The zero-order valence-electron chi connectivity index (χ0n) is 23.9. The van der Waals surface area contributed by atoms with Gasteiger partial charge in [-0.3, -0.25) is 9.69 Å². The largest absolute Gasteiger partial charge is 0.454 e. The number of hydrogen-bond donors (Lipinski definition) is 0. The normalized spacial score (nSPS) is 29.9. The molecule has 0 bridgehead atoms. The molecule has 4 heterocycles. The SMILES string of the molecule is CC1(C)O[C@@H]2C(OC(=O)C(C)(C)C)=C3c4cc5c(cc4CCN4C[C@H](S(=O)(=O)c6ccccc6)C[C@@]34[C@@H]2O1)OCO5. The summed E-state index contributed by atoms with van der Waals surface area (Å²) in [5.41, 5.74) is 0.939. The third kappa shape index (κ3) is 3.98. The molecule has 7 rings (SSSR count). The van der Waals surface area contributed by atoms with E-state index in [1.54, 1.807) is 24.3 Å². The van der Waals surface area contributed by atoms with E-state index >= 15 is 0 Å². The number of esters is 1. The Balaban J connectivity index is 1.45. The molecule has 2 saturated heterocycles. The van der Waals surface area contributed by atoms with Gasteiger partial charge in [-0.1, -0.05) is 18.2 Å². The van der Waals surface area contributed by atoms with Crippen LogP contribution in [-0.2, 0) is 35.3 Å². The topological polar surface area (TPSA) is 101 Å². The maximum Gasteiger partial charge on any atom is 0.316 e. The van der Waals surface area contributed by atoms with Crippen molar-refractivity contribution in [2.45, 2.75) is 81.1 Å². The second-order valence-electron chi connectivity index (χ2n) is 13.0. The Bertz CT molecular complexity index is 1570. The van der Waals surface area contributed by atoms with E-state index in [1.165, 1.54) is 0 Å². The Hall–Kier alpha value is -2.92. The van der Waals surface area contributed by atoms with Crippen LogP contribution >= 0.6 is 0 Å². The van der Waals surface area contributed by atoms with Gasteiger partial charge in [0.1, 0.15) is 18.0 Å². The second kappa shape index (κ2) is 8.80. The van der Waals surface area contributed by atoms with E-state index in [0.29, 0.717) is 41.7 Å². The highest BCUT2D eigenvalue weighted by Crippen LogP contribution is 2.60. The third-order valence-electron chi connectivity index (χ3n) is 8.88. The molecule has 2 fully saturated rings. The molecule has 0 N–H and O–H groups in total. The molecule has 2 aromatic rings. The first-order valence-corrected chi connectivity index (χ1v) is 15.7. The molecule has 218 valence electrons. The number of fused-ring (bicyclic) bond motifs is 4. The van der Waals surface area contributed by atoms with Crippen molar-refractivity contribution in [3.63, 3.8) is 0 Å². The van der Waals surface area contributed by atoms with Gasteiger partial charge in [0.15, 0.2) is 27.1 Å². The highest BCUT2D eigenvalue weighted by Gasteiger charge is 2.69. The molecule has 4 aliphatic heterocycles. The van der Waals surface area contributed by atoms with Gasteiger partial charge in [0.2, 0.25) is 6.79 Å². The van der Waals surface area contributed by atoms with Crippen LogP contribution in [0.25, 0.3) is 5.57 Å². The summed E-state index contributed by atoms with van der Waals surface area (Å²) in [7, 11) is -3.67. The summed E-state index contributed by atoms with van der Waals surface area (Å²) in [6, 6.07) is 12.5. The first-order valence-electron chi connectivity index (χ1n) is 14.1. The number of rotatable bonds is 3. The second-order valence-corrected chi connectivity index (χ2v) is 15.3. The van der Waals surface area contributed by atoms with Crippen molar-refractivity contribution >= 4 is 21.4 Å². The van der Waals surface area contributed by atoms with Crippen LogP contribution in [0, 0.1) is 5.41 Å². The summed E-state index contributed by atoms with van der Waals surface area (Å²) in [5.74, 6) is 0.317. The van der Waals surface area contributed by atoms with Gasteiger partial charge in [0.05, 0.1) is 21.1 Å². The Morgan fingerprint density at radius 3 is 2.46 bits per heavy atom. The number of benzene rings is 2. The Morgan fingerprint density at radius 2 is 1.76 bits per heavy atom. The smallest absolute Gasteiger partial charge is 0.316 e. The molecule has 1 aliphatic carbocycles. The number of nitrogens with zero attached hydrogens (tertiary/aromatic N) is 1. The van der Waals surface area contributed by atoms with E-state index in [4.69, 9.17) is 23.7 Å². The summed E-state index contributed by atoms with van der Waals surface area (Å²) >= 11 is 0. The molecular weight excluding hydrogens is 546 g/mol. The van der Waals surface area contributed by atoms with Gasteiger partial charge in [-0.2, -0.15) is 0 Å². The minimum absolute atomic E-state index is 0.128. The molecule has 5 aliphatic rings. The molecule has 2 aromatic carbocycles. The zero-order valence-corrected chi connectivity index (χ0v) is 24.7. The summed E-state index contributed by atoms with van der Waals surface area (Å²) in [5, 5.41) is -0.693. The predicted octanol–water partition coefficient (Wildman–Crippen LogP) is 4.09. The molecule has 0 unspecified atom stereocenters. The molecule has 41 heavy (non-hydrogen) atoms. The van der Waals surface area contributed by atoms with E-state index in [1.807, 2.05) is 52.8 Å². The van der Waals surface area contributed by atoms with E-state index in [9.17, 15) is 13.2 Å². The molecule has 0 radical (unpaired) electrons. The minimum atomic E-state index is -3.67. The lowest BCUT2D eigenvalue weighted by Gasteiger charge is -2.40. The maximum absolute atomic E-state index is 14.0. The Labute approximate surface area is 240 Å². The van der Waals surface area contributed by atoms with Crippen molar-refractivity contribution < 1.29 is 36.9 Å². The van der Waals surface area contributed by atoms with Gasteiger partial charge in [-0.25, -0.2) is 8.42 Å². The average Bonchev–Trinajstić information content (AvgIpc) is 3.64. The van der Waals surface area contributed by atoms with Crippen molar-refractivity contribution in [2.24, 2.45) is 5.41 Å². The highest BCUT2D eigenvalue weighted by molar-refractivity contribution is 7.92. The van der Waals surface area contributed by atoms with Crippen molar-refractivity contribution in [3.05, 3.63) is 59.4 Å². The van der Waals surface area contributed by atoms with Crippen LogP contribution in [0.4, 0.5) is 0 Å². The van der Waals surface area contributed by atoms with Gasteiger partial charge in [-0.15, -0.1) is 0 Å². The standard InChI is InChI=1S/C31H35NO8S/c1-29(2,3)28(33)38-25-24-21-14-23-22(36-17-37-23)13-18(21)11-12-32-16-20(41(34,35)19-9-7-6-8-10-19)15-31(24,32)27-26(25)39-30(4,5)40-27/h6-10,13-14,20,26-27H,11-12,15-17H2,1-5H3/t20-,26-,27-,31+/m1/s1. The van der Waals surface area contributed by atoms with E-state index in [2.05, 4.69) is 4.90 Å². The van der Waals surface area contributed by atoms with Crippen molar-refractivity contribution in [2.75, 3.05) is 19.9 Å². The lowest BCUT2D eigenvalue weighted by atomic mass is 9.81. The van der Waals surface area contributed by atoms with E-state index in [-0.39, 0.29) is 13.2 Å². The first kappa shape index (κ1) is 26.9. The highest BCUT2D eigenvalue weighted by atomic mass is 32.2. The average molecular weight is 582 g/mol. The van der Waals surface area contributed by atoms with Crippen LogP contribution in [0.15, 0.2) is 53.1 Å². The molecule has 10 heteroatoms. The Morgan fingerprint density at radius 1 is 1.05 bits per heavy atom. The number of carbonyl (C=O) groups is 1. The molecule has 1 spiro atoms. The van der Waals surface area contributed by atoms with E-state index < -0.39 is 50.0 Å². The van der Waals surface area contributed by atoms with E-state index in [0.717, 1.165) is 16.7 Å². The fraction of sp³-hybridized carbons (Fsp3) is 0.516. The predicted molar refractivity (Wildman–Crippen MR) is 149 cm³/mol. The van der Waals surface area contributed by atoms with Crippen molar-refractivity contribution in [1.82, 2.24) is 4.90 Å². The quantitative estimate of drug-likeness (QED) is 0.496. The minimum Gasteiger partial charge on any atom is -0.454 e. The van der Waals surface area contributed by atoms with Crippen LogP contribution < -0.4 is 9.47 Å². The monoisotopic (exact) mass is 581 g/mol. The maximum atomic E-state index is 14.0. The lowest BCUT2D eigenvalue weighted by molar-refractivity contribution is -0.162. The van der Waals surface area contributed by atoms with Gasteiger partial charge in [0.25, 0.3) is 0 Å². The van der Waals surface area contributed by atoms with Crippen LogP contribution in [0.2, 0.25) is 0 Å². The molecule has 9 nitrogen and oxygen atoms in total. The van der Waals surface area contributed by atoms with Crippen LogP contribution in [0.3, 0.4) is 0 Å². The van der Waals surface area contributed by atoms with Crippen LogP contribution in [0.5, 0.6) is 11.5 Å². The van der Waals surface area contributed by atoms with Crippen molar-refractivity contribution in [1.29, 1.82) is 0 Å². The molecule has 0 aromatic heterocycles. The molecule has 0 saturated carbocycles. The number of sulfone groups is 1. The Kier molecular flexibility index (Phi) is 5.78. The van der Waals surface area contributed by atoms with Gasteiger partial charge < -0.3 is 23.7 Å². The number of ether oxygens (including phenoxy) is 5. The molecule has 4 atom stereocenters. The molecular formula is C31H35NO8S. The van der Waals surface area contributed by atoms with Gasteiger partial charge >= 0.3 is 5.97 Å². The summed E-state index contributed by atoms with van der Waals surface area (Å²) in [6.45, 7) is 10.1. The van der Waals surface area contributed by atoms with Crippen LogP contribution in [0.1, 0.15) is 52.2 Å². The summed E-state index contributed by atoms with van der Waals surface area (Å²) in [6.07, 6.45) is -0.354. The fourth-order valence-electron chi connectivity index (χ4n) is 7.01. The number of carbonyl (C=O) groups excluding carboxylic acids is 1.